The quantitative estimate of drug-likeness (QED) is 0.451. The van der Waals surface area contributed by atoms with Crippen molar-refractivity contribution < 1.29 is 0 Å². The van der Waals surface area contributed by atoms with Crippen LogP contribution in [0.3, 0.4) is 0 Å². The molecule has 5 aliphatic rings. The predicted octanol–water partition coefficient (Wildman–Crippen LogP) is 8.20. The van der Waals surface area contributed by atoms with Crippen LogP contribution in [-0.4, -0.2) is 0 Å². The maximum Gasteiger partial charge on any atom is 0.0387 e. The Labute approximate surface area is 192 Å². The molecule has 4 bridgehead atoms. The largest absolute Gasteiger partial charge is 0.356 e. The van der Waals surface area contributed by atoms with Crippen LogP contribution < -0.4 is 5.32 Å². The first-order valence-corrected chi connectivity index (χ1v) is 12.6. The van der Waals surface area contributed by atoms with Crippen LogP contribution in [0.2, 0.25) is 0 Å². The fourth-order valence-corrected chi connectivity index (χ4v) is 8.32. The van der Waals surface area contributed by atoms with E-state index in [0.717, 1.165) is 17.8 Å². The maximum absolute atomic E-state index is 3.70. The number of fused-ring (bicyclic) bond motifs is 3. The Balaban J connectivity index is 1.16. The van der Waals surface area contributed by atoms with Crippen LogP contribution in [0.25, 0.3) is 11.1 Å². The summed E-state index contributed by atoms with van der Waals surface area (Å²) in [6.45, 7) is 4.70. The molecule has 5 aliphatic carbocycles. The van der Waals surface area contributed by atoms with E-state index >= 15 is 0 Å². The second kappa shape index (κ2) is 6.50. The number of rotatable bonds is 3. The second-order valence-corrected chi connectivity index (χ2v) is 11.8. The molecule has 1 N–H and O–H groups in total. The summed E-state index contributed by atoms with van der Waals surface area (Å²) in [7, 11) is 0. The van der Waals surface area contributed by atoms with Gasteiger partial charge in [-0.3, -0.25) is 0 Å². The first kappa shape index (κ1) is 19.0. The fraction of sp³-hybridized carbons (Fsp3) is 0.419. The van der Waals surface area contributed by atoms with Gasteiger partial charge in [-0.05, 0) is 114 Å². The lowest BCUT2D eigenvalue weighted by molar-refractivity contribution is -0.00518. The summed E-state index contributed by atoms with van der Waals surface area (Å²) in [5, 5.41) is 3.70. The first-order valence-electron chi connectivity index (χ1n) is 12.6. The van der Waals surface area contributed by atoms with Crippen molar-refractivity contribution in [3.63, 3.8) is 0 Å². The SMILES string of the molecule is CC1(C)c2ccccc2-c2ccc(Nc3ccc(C45CC6CC(CC(C6)C4)C5)cc3)cc21. The minimum Gasteiger partial charge on any atom is -0.356 e. The van der Waals surface area contributed by atoms with Crippen LogP contribution in [-0.2, 0) is 10.8 Å². The molecule has 3 aromatic rings. The molecule has 0 unspecified atom stereocenters. The molecule has 32 heavy (non-hydrogen) atoms. The van der Waals surface area contributed by atoms with E-state index < -0.39 is 0 Å². The summed E-state index contributed by atoms with van der Waals surface area (Å²) in [6.07, 6.45) is 8.84. The Morgan fingerprint density at radius 3 is 1.94 bits per heavy atom. The zero-order valence-electron chi connectivity index (χ0n) is 19.3. The van der Waals surface area contributed by atoms with Crippen LogP contribution in [0.15, 0.2) is 66.7 Å². The molecule has 1 heteroatoms. The summed E-state index contributed by atoms with van der Waals surface area (Å²) < 4.78 is 0. The van der Waals surface area contributed by atoms with Gasteiger partial charge < -0.3 is 5.32 Å². The normalized spacial score (nSPS) is 30.8. The van der Waals surface area contributed by atoms with Crippen molar-refractivity contribution in [1.82, 2.24) is 0 Å². The van der Waals surface area contributed by atoms with Gasteiger partial charge in [0, 0.05) is 16.8 Å². The van der Waals surface area contributed by atoms with Crippen LogP contribution in [0, 0.1) is 17.8 Å². The summed E-state index contributed by atoms with van der Waals surface area (Å²) in [5.41, 5.74) is 10.2. The lowest BCUT2D eigenvalue weighted by Gasteiger charge is -2.57. The molecule has 0 aliphatic heterocycles. The highest BCUT2D eigenvalue weighted by Crippen LogP contribution is 2.60. The molecule has 0 atom stereocenters. The minimum atomic E-state index is 0.0476. The minimum absolute atomic E-state index is 0.0476. The molecule has 0 heterocycles. The highest BCUT2D eigenvalue weighted by Gasteiger charge is 2.51. The monoisotopic (exact) mass is 419 g/mol. The fourth-order valence-electron chi connectivity index (χ4n) is 8.32. The summed E-state index contributed by atoms with van der Waals surface area (Å²) in [5.74, 6) is 2.99. The van der Waals surface area contributed by atoms with Gasteiger partial charge in [-0.1, -0.05) is 56.3 Å². The first-order chi connectivity index (χ1) is 15.5. The molecule has 1 nitrogen and oxygen atoms in total. The van der Waals surface area contributed by atoms with Crippen LogP contribution in [0.4, 0.5) is 11.4 Å². The Morgan fingerprint density at radius 1 is 0.656 bits per heavy atom. The van der Waals surface area contributed by atoms with Gasteiger partial charge in [0.05, 0.1) is 0 Å². The molecule has 0 amide bonds. The highest BCUT2D eigenvalue weighted by atomic mass is 14.9. The number of hydrogen-bond donors (Lipinski definition) is 1. The van der Waals surface area contributed by atoms with E-state index in [2.05, 4.69) is 85.9 Å². The van der Waals surface area contributed by atoms with Gasteiger partial charge in [-0.2, -0.15) is 0 Å². The van der Waals surface area contributed by atoms with Crippen LogP contribution in [0.1, 0.15) is 69.1 Å². The van der Waals surface area contributed by atoms with Crippen LogP contribution in [0.5, 0.6) is 0 Å². The molecule has 0 spiro atoms. The van der Waals surface area contributed by atoms with Gasteiger partial charge >= 0.3 is 0 Å². The van der Waals surface area contributed by atoms with E-state index in [1.807, 2.05) is 0 Å². The molecule has 4 saturated carbocycles. The van der Waals surface area contributed by atoms with Gasteiger partial charge in [-0.15, -0.1) is 0 Å². The third kappa shape index (κ3) is 2.70. The zero-order chi connectivity index (χ0) is 21.5. The van der Waals surface area contributed by atoms with Crippen LogP contribution >= 0.6 is 0 Å². The molecular formula is C31H33N. The molecule has 0 aromatic heterocycles. The summed E-state index contributed by atoms with van der Waals surface area (Å²) in [4.78, 5) is 0. The van der Waals surface area contributed by atoms with Crippen molar-refractivity contribution in [3.05, 3.63) is 83.4 Å². The maximum atomic E-state index is 3.70. The second-order valence-electron chi connectivity index (χ2n) is 11.8. The zero-order valence-corrected chi connectivity index (χ0v) is 19.3. The predicted molar refractivity (Wildman–Crippen MR) is 134 cm³/mol. The Hall–Kier alpha value is -2.54. The smallest absolute Gasteiger partial charge is 0.0387 e. The molecule has 0 saturated heterocycles. The average Bonchev–Trinajstić information content (AvgIpc) is 3.00. The van der Waals surface area contributed by atoms with Gasteiger partial charge in [-0.25, -0.2) is 0 Å². The van der Waals surface area contributed by atoms with E-state index in [-0.39, 0.29) is 5.41 Å². The third-order valence-electron chi connectivity index (χ3n) is 9.41. The summed E-state index contributed by atoms with van der Waals surface area (Å²) >= 11 is 0. The van der Waals surface area contributed by atoms with Gasteiger partial charge in [0.2, 0.25) is 0 Å². The van der Waals surface area contributed by atoms with Gasteiger partial charge in [0.25, 0.3) is 0 Å². The van der Waals surface area contributed by atoms with Gasteiger partial charge in [0.1, 0.15) is 0 Å². The average molecular weight is 420 g/mol. The third-order valence-corrected chi connectivity index (χ3v) is 9.41. The standard InChI is InChI=1S/C31H33N/c1-30(2)28-6-4-3-5-26(28)27-12-11-25(16-29(27)30)32-24-9-7-23(8-10-24)31-17-20-13-21(18-31)15-22(14-20)19-31/h3-12,16,20-22,32H,13-15,17-19H2,1-2H3. The van der Waals surface area contributed by atoms with E-state index in [4.69, 9.17) is 0 Å². The number of hydrogen-bond acceptors (Lipinski definition) is 1. The van der Waals surface area contributed by atoms with Crippen molar-refractivity contribution in [2.45, 2.75) is 63.2 Å². The lowest BCUT2D eigenvalue weighted by atomic mass is 9.48. The lowest BCUT2D eigenvalue weighted by Crippen LogP contribution is -2.48. The Morgan fingerprint density at radius 2 is 1.25 bits per heavy atom. The van der Waals surface area contributed by atoms with Crippen molar-refractivity contribution in [2.75, 3.05) is 5.32 Å². The number of nitrogens with one attached hydrogen (secondary N) is 1. The van der Waals surface area contributed by atoms with E-state index in [9.17, 15) is 0 Å². The van der Waals surface area contributed by atoms with Crippen molar-refractivity contribution in [3.8, 4) is 11.1 Å². The van der Waals surface area contributed by atoms with E-state index in [1.54, 1.807) is 5.56 Å². The molecular weight excluding hydrogens is 386 g/mol. The Bertz CT molecular complexity index is 1160. The van der Waals surface area contributed by atoms with Crippen molar-refractivity contribution in [1.29, 1.82) is 0 Å². The molecule has 0 radical (unpaired) electrons. The molecule has 3 aromatic carbocycles. The highest BCUT2D eigenvalue weighted by molar-refractivity contribution is 5.82. The number of benzene rings is 3. The number of anilines is 2. The summed E-state index contributed by atoms with van der Waals surface area (Å²) in [6, 6.07) is 25.3. The molecule has 162 valence electrons. The van der Waals surface area contributed by atoms with Gasteiger partial charge in [0.15, 0.2) is 0 Å². The molecule has 8 rings (SSSR count). The molecule has 4 fully saturated rings. The Kier molecular flexibility index (Phi) is 3.85. The van der Waals surface area contributed by atoms with E-state index in [0.29, 0.717) is 5.41 Å². The van der Waals surface area contributed by atoms with Crippen molar-refractivity contribution in [2.24, 2.45) is 17.8 Å². The topological polar surface area (TPSA) is 12.0 Å². The van der Waals surface area contributed by atoms with Crippen molar-refractivity contribution >= 4 is 11.4 Å². The van der Waals surface area contributed by atoms with E-state index in [1.165, 1.54) is 72.2 Å².